The molecule has 90 valence electrons. The number of anilines is 1. The SMILES string of the molecule is CNc1c(-c2cc(Br)ccc2OC)n[nH]c1C. The third-order valence-corrected chi connectivity index (χ3v) is 3.11. The molecule has 1 aromatic heterocycles. The summed E-state index contributed by atoms with van der Waals surface area (Å²) in [5.41, 5.74) is 3.81. The lowest BCUT2D eigenvalue weighted by Gasteiger charge is -2.09. The van der Waals surface area contributed by atoms with Gasteiger partial charge in [0.05, 0.1) is 18.5 Å². The number of halogens is 1. The van der Waals surface area contributed by atoms with Crippen molar-refractivity contribution >= 4 is 21.6 Å². The molecule has 0 fully saturated rings. The zero-order valence-electron chi connectivity index (χ0n) is 9.97. The van der Waals surface area contributed by atoms with Gasteiger partial charge in [0.25, 0.3) is 0 Å². The van der Waals surface area contributed by atoms with E-state index in [9.17, 15) is 0 Å². The number of benzene rings is 1. The van der Waals surface area contributed by atoms with Gasteiger partial charge in [0.2, 0.25) is 0 Å². The maximum Gasteiger partial charge on any atom is 0.128 e. The molecular formula is C12H14BrN3O. The van der Waals surface area contributed by atoms with E-state index >= 15 is 0 Å². The largest absolute Gasteiger partial charge is 0.496 e. The molecule has 0 bridgehead atoms. The molecule has 2 rings (SSSR count). The van der Waals surface area contributed by atoms with Crippen molar-refractivity contribution in [3.8, 4) is 17.0 Å². The number of aromatic amines is 1. The standard InChI is InChI=1S/C12H14BrN3O/c1-7-11(14-2)12(16-15-7)9-6-8(13)4-5-10(9)17-3/h4-6,14H,1-3H3,(H,15,16). The Balaban J connectivity index is 2.62. The van der Waals surface area contributed by atoms with E-state index in [2.05, 4.69) is 31.4 Å². The van der Waals surface area contributed by atoms with Crippen LogP contribution in [-0.2, 0) is 0 Å². The third kappa shape index (κ3) is 2.15. The Labute approximate surface area is 109 Å². The molecule has 0 spiro atoms. The van der Waals surface area contributed by atoms with Gasteiger partial charge in [-0.15, -0.1) is 0 Å². The molecule has 0 atom stereocenters. The fourth-order valence-electron chi connectivity index (χ4n) is 1.80. The molecule has 1 heterocycles. The summed E-state index contributed by atoms with van der Waals surface area (Å²) < 4.78 is 6.36. The van der Waals surface area contributed by atoms with Crippen LogP contribution in [0.1, 0.15) is 5.69 Å². The summed E-state index contributed by atoms with van der Waals surface area (Å²) in [4.78, 5) is 0. The average Bonchev–Trinajstić information content (AvgIpc) is 2.70. The second kappa shape index (κ2) is 4.79. The first-order valence-corrected chi connectivity index (χ1v) is 6.03. The van der Waals surface area contributed by atoms with Gasteiger partial charge in [-0.1, -0.05) is 15.9 Å². The lowest BCUT2D eigenvalue weighted by atomic mass is 10.1. The number of aromatic nitrogens is 2. The minimum Gasteiger partial charge on any atom is -0.496 e. The zero-order chi connectivity index (χ0) is 12.4. The molecule has 0 amide bonds. The van der Waals surface area contributed by atoms with Gasteiger partial charge < -0.3 is 10.1 Å². The topological polar surface area (TPSA) is 49.9 Å². The molecular weight excluding hydrogens is 282 g/mol. The fraction of sp³-hybridized carbons (Fsp3) is 0.250. The van der Waals surface area contributed by atoms with E-state index in [4.69, 9.17) is 4.74 Å². The van der Waals surface area contributed by atoms with Crippen molar-refractivity contribution in [2.75, 3.05) is 19.5 Å². The van der Waals surface area contributed by atoms with Gasteiger partial charge in [0.15, 0.2) is 0 Å². The molecule has 2 aromatic rings. The predicted molar refractivity (Wildman–Crippen MR) is 72.6 cm³/mol. The molecule has 0 aliphatic carbocycles. The zero-order valence-corrected chi connectivity index (χ0v) is 11.6. The number of H-pyrrole nitrogens is 1. The van der Waals surface area contributed by atoms with Gasteiger partial charge in [0, 0.05) is 17.1 Å². The van der Waals surface area contributed by atoms with Crippen LogP contribution in [0.3, 0.4) is 0 Å². The Morgan fingerprint density at radius 1 is 1.41 bits per heavy atom. The van der Waals surface area contributed by atoms with E-state index in [0.717, 1.165) is 32.9 Å². The van der Waals surface area contributed by atoms with Crippen molar-refractivity contribution in [3.05, 3.63) is 28.4 Å². The van der Waals surface area contributed by atoms with Gasteiger partial charge in [-0.3, -0.25) is 5.10 Å². The lowest BCUT2D eigenvalue weighted by Crippen LogP contribution is -1.93. The maximum atomic E-state index is 5.36. The van der Waals surface area contributed by atoms with Gasteiger partial charge in [-0.25, -0.2) is 0 Å². The second-order valence-electron chi connectivity index (χ2n) is 3.67. The van der Waals surface area contributed by atoms with Crippen molar-refractivity contribution in [3.63, 3.8) is 0 Å². The molecule has 0 aliphatic rings. The summed E-state index contributed by atoms with van der Waals surface area (Å²) in [6.45, 7) is 1.98. The molecule has 4 nitrogen and oxygen atoms in total. The Bertz CT molecular complexity index is 537. The minimum absolute atomic E-state index is 0.802. The summed E-state index contributed by atoms with van der Waals surface area (Å²) in [7, 11) is 3.54. The van der Waals surface area contributed by atoms with Gasteiger partial charge in [-0.2, -0.15) is 5.10 Å². The van der Waals surface area contributed by atoms with Crippen LogP contribution in [0.15, 0.2) is 22.7 Å². The molecule has 0 aliphatic heterocycles. The van der Waals surface area contributed by atoms with Gasteiger partial charge >= 0.3 is 0 Å². The van der Waals surface area contributed by atoms with E-state index in [0.29, 0.717) is 0 Å². The van der Waals surface area contributed by atoms with Crippen LogP contribution in [-0.4, -0.2) is 24.4 Å². The summed E-state index contributed by atoms with van der Waals surface area (Å²) in [5.74, 6) is 0.802. The monoisotopic (exact) mass is 295 g/mol. The first-order valence-electron chi connectivity index (χ1n) is 5.24. The molecule has 0 radical (unpaired) electrons. The Hall–Kier alpha value is -1.49. The molecule has 17 heavy (non-hydrogen) atoms. The highest BCUT2D eigenvalue weighted by molar-refractivity contribution is 9.10. The highest BCUT2D eigenvalue weighted by atomic mass is 79.9. The van der Waals surface area contributed by atoms with E-state index in [1.54, 1.807) is 7.11 Å². The fourth-order valence-corrected chi connectivity index (χ4v) is 2.16. The molecule has 0 saturated heterocycles. The highest BCUT2D eigenvalue weighted by Gasteiger charge is 2.15. The van der Waals surface area contributed by atoms with Crippen LogP contribution < -0.4 is 10.1 Å². The average molecular weight is 296 g/mol. The number of aryl methyl sites for hydroxylation is 1. The number of hydrogen-bond donors (Lipinski definition) is 2. The number of ether oxygens (including phenoxy) is 1. The van der Waals surface area contributed by atoms with Crippen molar-refractivity contribution < 1.29 is 4.74 Å². The molecule has 2 N–H and O–H groups in total. The first kappa shape index (κ1) is 12.0. The number of nitrogens with zero attached hydrogens (tertiary/aromatic N) is 1. The van der Waals surface area contributed by atoms with Crippen LogP contribution in [0, 0.1) is 6.92 Å². The van der Waals surface area contributed by atoms with Crippen molar-refractivity contribution in [2.24, 2.45) is 0 Å². The normalized spacial score (nSPS) is 10.4. The minimum atomic E-state index is 0.802. The molecule has 0 saturated carbocycles. The Morgan fingerprint density at radius 3 is 2.82 bits per heavy atom. The van der Waals surface area contributed by atoms with Gasteiger partial charge in [0.1, 0.15) is 11.4 Å². The summed E-state index contributed by atoms with van der Waals surface area (Å²) in [6.07, 6.45) is 0. The van der Waals surface area contributed by atoms with Crippen molar-refractivity contribution in [1.29, 1.82) is 0 Å². The van der Waals surface area contributed by atoms with Crippen molar-refractivity contribution in [2.45, 2.75) is 6.92 Å². The summed E-state index contributed by atoms with van der Waals surface area (Å²) in [5, 5.41) is 10.4. The molecule has 1 aromatic carbocycles. The van der Waals surface area contributed by atoms with E-state index in [1.165, 1.54) is 0 Å². The number of methoxy groups -OCH3 is 1. The number of nitrogens with one attached hydrogen (secondary N) is 2. The third-order valence-electron chi connectivity index (χ3n) is 2.61. The first-order chi connectivity index (χ1) is 8.17. The van der Waals surface area contributed by atoms with Crippen LogP contribution in [0.25, 0.3) is 11.3 Å². The van der Waals surface area contributed by atoms with E-state index in [-0.39, 0.29) is 0 Å². The number of rotatable bonds is 3. The highest BCUT2D eigenvalue weighted by Crippen LogP contribution is 2.36. The summed E-state index contributed by atoms with van der Waals surface area (Å²) >= 11 is 3.46. The lowest BCUT2D eigenvalue weighted by molar-refractivity contribution is 0.416. The number of hydrogen-bond acceptors (Lipinski definition) is 3. The van der Waals surface area contributed by atoms with Crippen LogP contribution in [0.5, 0.6) is 5.75 Å². The van der Waals surface area contributed by atoms with Crippen LogP contribution >= 0.6 is 15.9 Å². The smallest absolute Gasteiger partial charge is 0.128 e. The molecule has 5 heteroatoms. The van der Waals surface area contributed by atoms with E-state index in [1.807, 2.05) is 32.2 Å². The van der Waals surface area contributed by atoms with Crippen LogP contribution in [0.4, 0.5) is 5.69 Å². The summed E-state index contributed by atoms with van der Waals surface area (Å²) in [6, 6.07) is 5.86. The van der Waals surface area contributed by atoms with Crippen molar-refractivity contribution in [1.82, 2.24) is 10.2 Å². The van der Waals surface area contributed by atoms with Crippen LogP contribution in [0.2, 0.25) is 0 Å². The Morgan fingerprint density at radius 2 is 2.18 bits per heavy atom. The quantitative estimate of drug-likeness (QED) is 0.914. The van der Waals surface area contributed by atoms with Gasteiger partial charge in [-0.05, 0) is 25.1 Å². The predicted octanol–water partition coefficient (Wildman–Crippen LogP) is 3.20. The molecule has 0 unspecified atom stereocenters. The maximum absolute atomic E-state index is 5.36. The second-order valence-corrected chi connectivity index (χ2v) is 4.58. The Kier molecular flexibility index (Phi) is 3.38. The van der Waals surface area contributed by atoms with E-state index < -0.39 is 0 Å².